The van der Waals surface area contributed by atoms with Crippen molar-refractivity contribution in [1.82, 2.24) is 15.2 Å². The number of nitrogens with zero attached hydrogens (tertiary/aromatic N) is 2. The SMILES string of the molecule is CCC1NC(=O)C(C(C)C)N(CCc2ccccn2)C1=O. The van der Waals surface area contributed by atoms with Crippen LogP contribution in [0, 0.1) is 5.92 Å². The van der Waals surface area contributed by atoms with Crippen molar-refractivity contribution in [2.45, 2.75) is 45.7 Å². The first-order valence-electron chi connectivity index (χ1n) is 7.55. The first-order chi connectivity index (χ1) is 10.0. The van der Waals surface area contributed by atoms with Crippen molar-refractivity contribution in [2.24, 2.45) is 5.92 Å². The number of nitrogens with one attached hydrogen (secondary N) is 1. The minimum Gasteiger partial charge on any atom is -0.343 e. The molecule has 5 nitrogen and oxygen atoms in total. The third-order valence-corrected chi connectivity index (χ3v) is 3.88. The summed E-state index contributed by atoms with van der Waals surface area (Å²) in [5.74, 6) is 0.0692. The fraction of sp³-hybridized carbons (Fsp3) is 0.562. The van der Waals surface area contributed by atoms with Gasteiger partial charge >= 0.3 is 0 Å². The van der Waals surface area contributed by atoms with E-state index < -0.39 is 6.04 Å². The quantitative estimate of drug-likeness (QED) is 0.891. The van der Waals surface area contributed by atoms with Gasteiger partial charge in [-0.05, 0) is 24.5 Å². The zero-order valence-electron chi connectivity index (χ0n) is 12.9. The lowest BCUT2D eigenvalue weighted by Crippen LogP contribution is -2.64. The van der Waals surface area contributed by atoms with Gasteiger partial charge in [0, 0.05) is 24.9 Å². The van der Waals surface area contributed by atoms with E-state index in [0.717, 1.165) is 5.69 Å². The van der Waals surface area contributed by atoms with Gasteiger partial charge in [-0.3, -0.25) is 14.6 Å². The Balaban J connectivity index is 2.14. The van der Waals surface area contributed by atoms with Gasteiger partial charge in [-0.2, -0.15) is 0 Å². The summed E-state index contributed by atoms with van der Waals surface area (Å²) < 4.78 is 0. The molecule has 2 heterocycles. The van der Waals surface area contributed by atoms with Crippen LogP contribution in [0.1, 0.15) is 32.9 Å². The Kier molecular flexibility index (Phi) is 4.94. The van der Waals surface area contributed by atoms with Gasteiger partial charge in [-0.1, -0.05) is 26.8 Å². The molecule has 21 heavy (non-hydrogen) atoms. The highest BCUT2D eigenvalue weighted by atomic mass is 16.2. The maximum absolute atomic E-state index is 12.5. The molecule has 0 bridgehead atoms. The van der Waals surface area contributed by atoms with E-state index in [0.29, 0.717) is 19.4 Å². The van der Waals surface area contributed by atoms with Crippen molar-refractivity contribution in [3.05, 3.63) is 30.1 Å². The lowest BCUT2D eigenvalue weighted by atomic mass is 9.96. The van der Waals surface area contributed by atoms with E-state index >= 15 is 0 Å². The van der Waals surface area contributed by atoms with Crippen LogP contribution in [0.4, 0.5) is 0 Å². The Morgan fingerprint density at radius 2 is 2.10 bits per heavy atom. The molecule has 1 aliphatic heterocycles. The maximum Gasteiger partial charge on any atom is 0.245 e. The van der Waals surface area contributed by atoms with Crippen molar-refractivity contribution >= 4 is 11.8 Å². The Morgan fingerprint density at radius 3 is 2.67 bits per heavy atom. The number of rotatable bonds is 5. The maximum atomic E-state index is 12.5. The minimum absolute atomic E-state index is 0.0201. The predicted molar refractivity (Wildman–Crippen MR) is 80.5 cm³/mol. The zero-order valence-corrected chi connectivity index (χ0v) is 12.9. The molecule has 5 heteroatoms. The summed E-state index contributed by atoms with van der Waals surface area (Å²) in [7, 11) is 0. The lowest BCUT2D eigenvalue weighted by molar-refractivity contribution is -0.151. The third kappa shape index (κ3) is 3.40. The van der Waals surface area contributed by atoms with E-state index in [2.05, 4.69) is 10.3 Å². The molecule has 0 aromatic carbocycles. The average Bonchev–Trinajstić information content (AvgIpc) is 2.48. The average molecular weight is 289 g/mol. The first kappa shape index (κ1) is 15.5. The van der Waals surface area contributed by atoms with Crippen molar-refractivity contribution in [1.29, 1.82) is 0 Å². The number of pyridine rings is 1. The summed E-state index contributed by atoms with van der Waals surface area (Å²) in [5.41, 5.74) is 0.937. The van der Waals surface area contributed by atoms with Crippen LogP contribution in [0.2, 0.25) is 0 Å². The molecule has 0 saturated carbocycles. The topological polar surface area (TPSA) is 62.3 Å². The fourth-order valence-corrected chi connectivity index (χ4v) is 2.77. The van der Waals surface area contributed by atoms with Crippen LogP contribution in [0.25, 0.3) is 0 Å². The molecule has 0 aliphatic carbocycles. The van der Waals surface area contributed by atoms with Crippen LogP contribution in [0.3, 0.4) is 0 Å². The van der Waals surface area contributed by atoms with E-state index in [1.165, 1.54) is 0 Å². The molecule has 1 N–H and O–H groups in total. The molecule has 2 amide bonds. The van der Waals surface area contributed by atoms with Gasteiger partial charge in [0.05, 0.1) is 0 Å². The van der Waals surface area contributed by atoms with Crippen molar-refractivity contribution in [3.8, 4) is 0 Å². The van der Waals surface area contributed by atoms with Gasteiger partial charge in [-0.25, -0.2) is 0 Å². The highest BCUT2D eigenvalue weighted by Gasteiger charge is 2.40. The standard InChI is InChI=1S/C16H23N3O2/c1-4-13-16(21)19(14(11(2)3)15(20)18-13)10-8-12-7-5-6-9-17-12/h5-7,9,11,13-14H,4,8,10H2,1-3H3,(H,18,20). The number of amides is 2. The second-order valence-corrected chi connectivity index (χ2v) is 5.76. The molecule has 0 radical (unpaired) electrons. The van der Waals surface area contributed by atoms with E-state index in [4.69, 9.17) is 0 Å². The molecule has 2 rings (SSSR count). The Hall–Kier alpha value is -1.91. The summed E-state index contributed by atoms with van der Waals surface area (Å²) in [6.07, 6.45) is 3.03. The molecular weight excluding hydrogens is 266 g/mol. The smallest absolute Gasteiger partial charge is 0.245 e. The largest absolute Gasteiger partial charge is 0.343 e. The van der Waals surface area contributed by atoms with Crippen LogP contribution in [0.5, 0.6) is 0 Å². The Bertz CT molecular complexity index is 502. The normalized spacial score (nSPS) is 22.6. The number of hydrogen-bond acceptors (Lipinski definition) is 3. The Labute approximate surface area is 125 Å². The van der Waals surface area contributed by atoms with Crippen LogP contribution in [0.15, 0.2) is 24.4 Å². The van der Waals surface area contributed by atoms with Crippen LogP contribution in [-0.4, -0.2) is 40.3 Å². The molecule has 114 valence electrons. The molecule has 1 fully saturated rings. The molecule has 1 aliphatic rings. The second kappa shape index (κ2) is 6.70. The van der Waals surface area contributed by atoms with Crippen molar-refractivity contribution < 1.29 is 9.59 Å². The second-order valence-electron chi connectivity index (χ2n) is 5.76. The summed E-state index contributed by atoms with van der Waals surface area (Å²) in [6, 6.07) is 4.96. The summed E-state index contributed by atoms with van der Waals surface area (Å²) >= 11 is 0. The molecule has 1 aromatic heterocycles. The van der Waals surface area contributed by atoms with E-state index in [1.54, 1.807) is 11.1 Å². The molecule has 2 atom stereocenters. The van der Waals surface area contributed by atoms with E-state index in [-0.39, 0.29) is 23.8 Å². The summed E-state index contributed by atoms with van der Waals surface area (Å²) in [6.45, 7) is 6.38. The molecule has 1 saturated heterocycles. The van der Waals surface area contributed by atoms with Crippen LogP contribution >= 0.6 is 0 Å². The van der Waals surface area contributed by atoms with Gasteiger partial charge in [0.1, 0.15) is 12.1 Å². The van der Waals surface area contributed by atoms with Crippen molar-refractivity contribution in [3.63, 3.8) is 0 Å². The van der Waals surface area contributed by atoms with E-state index in [1.807, 2.05) is 39.0 Å². The van der Waals surface area contributed by atoms with Gasteiger partial charge < -0.3 is 10.2 Å². The number of carbonyl (C=O) groups excluding carboxylic acids is 2. The zero-order chi connectivity index (χ0) is 15.4. The molecule has 1 aromatic rings. The van der Waals surface area contributed by atoms with Crippen molar-refractivity contribution in [2.75, 3.05) is 6.54 Å². The van der Waals surface area contributed by atoms with Gasteiger partial charge in [0.2, 0.25) is 11.8 Å². The first-order valence-corrected chi connectivity index (χ1v) is 7.55. The van der Waals surface area contributed by atoms with Gasteiger partial charge in [-0.15, -0.1) is 0 Å². The summed E-state index contributed by atoms with van der Waals surface area (Å²) in [4.78, 5) is 30.8. The molecule has 2 unspecified atom stereocenters. The van der Waals surface area contributed by atoms with Gasteiger partial charge in [0.15, 0.2) is 0 Å². The number of carbonyl (C=O) groups is 2. The lowest BCUT2D eigenvalue weighted by Gasteiger charge is -2.40. The molecule has 0 spiro atoms. The number of piperazine rings is 1. The van der Waals surface area contributed by atoms with E-state index in [9.17, 15) is 9.59 Å². The fourth-order valence-electron chi connectivity index (χ4n) is 2.77. The minimum atomic E-state index is -0.392. The highest BCUT2D eigenvalue weighted by molar-refractivity contribution is 5.97. The highest BCUT2D eigenvalue weighted by Crippen LogP contribution is 2.19. The monoisotopic (exact) mass is 289 g/mol. The number of aromatic nitrogens is 1. The predicted octanol–water partition coefficient (Wildman–Crippen LogP) is 1.39. The Morgan fingerprint density at radius 1 is 1.33 bits per heavy atom. The van der Waals surface area contributed by atoms with Gasteiger partial charge in [0.25, 0.3) is 0 Å². The van der Waals surface area contributed by atoms with Crippen LogP contribution < -0.4 is 5.32 Å². The summed E-state index contributed by atoms with van der Waals surface area (Å²) in [5, 5.41) is 2.83. The number of hydrogen-bond donors (Lipinski definition) is 1. The molecular formula is C16H23N3O2. The van der Waals surface area contributed by atoms with Crippen LogP contribution in [-0.2, 0) is 16.0 Å². The third-order valence-electron chi connectivity index (χ3n) is 3.88.